The van der Waals surface area contributed by atoms with Crippen molar-refractivity contribution in [1.29, 1.82) is 0 Å². The molecule has 1 atom stereocenters. The molecule has 0 spiro atoms. The lowest BCUT2D eigenvalue weighted by atomic mass is 10.0. The quantitative estimate of drug-likeness (QED) is 0.207. The van der Waals surface area contributed by atoms with E-state index in [-0.39, 0.29) is 23.9 Å². The number of carbonyl (C=O) groups is 1. The molecule has 3 fully saturated rings. The third-order valence-electron chi connectivity index (χ3n) is 8.41. The van der Waals surface area contributed by atoms with Crippen LogP contribution in [0.2, 0.25) is 0 Å². The summed E-state index contributed by atoms with van der Waals surface area (Å²) >= 11 is 0. The molecular formula is C32H35F4N7O3. The predicted octanol–water partition coefficient (Wildman–Crippen LogP) is 5.93. The zero-order valence-electron chi connectivity index (χ0n) is 25.3. The number of nitrogens with one attached hydrogen (secondary N) is 2. The van der Waals surface area contributed by atoms with Gasteiger partial charge in [-0.3, -0.25) is 14.5 Å². The third-order valence-corrected chi connectivity index (χ3v) is 8.41. The Morgan fingerprint density at radius 2 is 1.87 bits per heavy atom. The monoisotopic (exact) mass is 641 g/mol. The maximum atomic E-state index is 14.0. The Balaban J connectivity index is 1.25. The Bertz CT molecular complexity index is 1590. The molecule has 2 aromatic carbocycles. The fourth-order valence-electron chi connectivity index (χ4n) is 5.86. The van der Waals surface area contributed by atoms with Gasteiger partial charge in [0.15, 0.2) is 5.82 Å². The number of hydroxylamine groups is 1. The molecule has 2 N–H and O–H groups in total. The Morgan fingerprint density at radius 3 is 2.57 bits per heavy atom. The molecule has 0 bridgehead atoms. The van der Waals surface area contributed by atoms with Gasteiger partial charge in [0, 0.05) is 51.3 Å². The summed E-state index contributed by atoms with van der Waals surface area (Å²) in [7, 11) is 1.55. The van der Waals surface area contributed by atoms with Gasteiger partial charge in [0.05, 0.1) is 42.4 Å². The summed E-state index contributed by atoms with van der Waals surface area (Å²) in [6.07, 6.45) is 0.646. The van der Waals surface area contributed by atoms with Gasteiger partial charge in [0.2, 0.25) is 5.91 Å². The van der Waals surface area contributed by atoms with Crippen molar-refractivity contribution in [2.24, 2.45) is 5.92 Å². The average molecular weight is 642 g/mol. The van der Waals surface area contributed by atoms with E-state index >= 15 is 0 Å². The zero-order chi connectivity index (χ0) is 32.4. The molecule has 2 aliphatic heterocycles. The van der Waals surface area contributed by atoms with E-state index in [4.69, 9.17) is 9.57 Å². The van der Waals surface area contributed by atoms with E-state index in [1.165, 1.54) is 36.4 Å². The van der Waals surface area contributed by atoms with Gasteiger partial charge in [-0.2, -0.15) is 13.2 Å². The summed E-state index contributed by atoms with van der Waals surface area (Å²) in [5.74, 6) is 0.256. The van der Waals surface area contributed by atoms with Gasteiger partial charge < -0.3 is 20.3 Å². The van der Waals surface area contributed by atoms with Crippen molar-refractivity contribution in [3.63, 3.8) is 0 Å². The average Bonchev–Trinajstić information content (AvgIpc) is 3.72. The smallest absolute Gasteiger partial charge is 0.419 e. The normalized spacial score (nSPS) is 18.8. The molecule has 1 unspecified atom stereocenters. The summed E-state index contributed by atoms with van der Waals surface area (Å²) in [6, 6.07) is 7.52. The minimum atomic E-state index is -4.83. The number of alkyl halides is 3. The lowest BCUT2D eigenvalue weighted by molar-refractivity contribution is -0.140. The number of ether oxygens (including phenoxy) is 1. The Kier molecular flexibility index (Phi) is 9.00. The first kappa shape index (κ1) is 31.5. The summed E-state index contributed by atoms with van der Waals surface area (Å²) in [5.41, 5.74) is 0.801. The van der Waals surface area contributed by atoms with E-state index in [0.717, 1.165) is 56.5 Å². The van der Waals surface area contributed by atoms with Crippen LogP contribution in [0.5, 0.6) is 5.75 Å². The largest absolute Gasteiger partial charge is 0.494 e. The van der Waals surface area contributed by atoms with E-state index in [2.05, 4.69) is 37.0 Å². The molecule has 3 aliphatic rings. The second-order valence-electron chi connectivity index (χ2n) is 11.6. The lowest BCUT2D eigenvalue weighted by Crippen LogP contribution is -2.47. The van der Waals surface area contributed by atoms with Crippen LogP contribution in [-0.2, 0) is 15.8 Å². The number of benzene rings is 2. The molecule has 46 heavy (non-hydrogen) atoms. The van der Waals surface area contributed by atoms with Crippen molar-refractivity contribution in [2.75, 3.05) is 67.0 Å². The van der Waals surface area contributed by atoms with Gasteiger partial charge in [-0.05, 0) is 48.6 Å². The van der Waals surface area contributed by atoms with E-state index in [1.807, 2.05) is 6.07 Å². The van der Waals surface area contributed by atoms with Crippen LogP contribution in [0.25, 0.3) is 0 Å². The van der Waals surface area contributed by atoms with Gasteiger partial charge in [-0.1, -0.05) is 12.6 Å². The van der Waals surface area contributed by atoms with E-state index < -0.39 is 23.6 Å². The van der Waals surface area contributed by atoms with Gasteiger partial charge in [0.25, 0.3) is 0 Å². The minimum Gasteiger partial charge on any atom is -0.494 e. The molecule has 1 saturated carbocycles. The van der Waals surface area contributed by atoms with Crippen LogP contribution in [0.3, 0.4) is 0 Å². The molecular weight excluding hydrogens is 606 g/mol. The molecule has 1 aliphatic carbocycles. The highest BCUT2D eigenvalue weighted by molar-refractivity contribution is 6.02. The highest BCUT2D eigenvalue weighted by Crippen LogP contribution is 2.41. The second-order valence-corrected chi connectivity index (χ2v) is 11.6. The first-order valence-electron chi connectivity index (χ1n) is 15.1. The van der Waals surface area contributed by atoms with Crippen molar-refractivity contribution in [3.05, 3.63) is 72.3 Å². The maximum Gasteiger partial charge on any atom is 0.419 e. The highest BCUT2D eigenvalue weighted by Gasteiger charge is 2.37. The fraction of sp³-hybridized carbons (Fsp3) is 0.406. The van der Waals surface area contributed by atoms with E-state index in [9.17, 15) is 22.4 Å². The van der Waals surface area contributed by atoms with Crippen LogP contribution in [-0.4, -0.2) is 67.2 Å². The van der Waals surface area contributed by atoms with Crippen molar-refractivity contribution in [1.82, 2.24) is 14.9 Å². The van der Waals surface area contributed by atoms with E-state index in [1.54, 1.807) is 19.2 Å². The molecule has 3 aromatic rings. The number of methoxy groups -OCH3 is 1. The van der Waals surface area contributed by atoms with Crippen molar-refractivity contribution < 1.29 is 31.9 Å². The number of aromatic nitrogens is 2. The topological polar surface area (TPSA) is 95.1 Å². The zero-order valence-corrected chi connectivity index (χ0v) is 25.3. The number of hydrogen-bond acceptors (Lipinski definition) is 9. The molecule has 0 radical (unpaired) electrons. The number of amides is 1. The predicted molar refractivity (Wildman–Crippen MR) is 166 cm³/mol. The molecule has 1 amide bonds. The molecule has 14 heteroatoms. The number of carbonyl (C=O) groups excluding carboxylic acids is 1. The van der Waals surface area contributed by atoms with Gasteiger partial charge in [0.1, 0.15) is 23.7 Å². The Labute approximate surface area is 264 Å². The van der Waals surface area contributed by atoms with Crippen LogP contribution in [0.15, 0.2) is 55.4 Å². The second kappa shape index (κ2) is 13.1. The summed E-state index contributed by atoms with van der Waals surface area (Å²) in [6.45, 7) is 8.38. The first-order valence-corrected chi connectivity index (χ1v) is 15.1. The summed E-state index contributed by atoms with van der Waals surface area (Å²) in [4.78, 5) is 31.5. The highest BCUT2D eigenvalue weighted by atomic mass is 19.4. The molecule has 2 saturated heterocycles. The number of hydrogen-bond donors (Lipinski definition) is 2. The van der Waals surface area contributed by atoms with Crippen LogP contribution in [0, 0.1) is 11.7 Å². The molecule has 6 rings (SSSR count). The summed E-state index contributed by atoms with van der Waals surface area (Å²) in [5, 5.41) is 7.53. The van der Waals surface area contributed by atoms with Gasteiger partial charge in [-0.15, -0.1) is 0 Å². The van der Waals surface area contributed by atoms with Gasteiger partial charge in [-0.25, -0.2) is 19.4 Å². The Hall–Kier alpha value is -4.43. The third kappa shape index (κ3) is 7.02. The maximum absolute atomic E-state index is 14.0. The molecule has 10 nitrogen and oxygen atoms in total. The number of nitrogens with zero attached hydrogens (tertiary/aromatic N) is 5. The number of anilines is 5. The SMILES string of the molecule is C=CC(=O)Nc1cc(Nc2cc(N3OCCC3c3ccc(F)c(C(F)(F)F)c3)ncn2)c(OC)cc1N1CCN(CC2CC2)CC1. The fourth-order valence-corrected chi connectivity index (χ4v) is 5.86. The van der Waals surface area contributed by atoms with E-state index in [0.29, 0.717) is 29.4 Å². The lowest BCUT2D eigenvalue weighted by Gasteiger charge is -2.37. The summed E-state index contributed by atoms with van der Waals surface area (Å²) < 4.78 is 59.9. The number of halogens is 4. The van der Waals surface area contributed by atoms with Crippen LogP contribution in [0.1, 0.15) is 36.4 Å². The van der Waals surface area contributed by atoms with Gasteiger partial charge >= 0.3 is 6.18 Å². The van der Waals surface area contributed by atoms with Crippen molar-refractivity contribution in [2.45, 2.75) is 31.5 Å². The van der Waals surface area contributed by atoms with Crippen molar-refractivity contribution in [3.8, 4) is 5.75 Å². The number of rotatable bonds is 10. The van der Waals surface area contributed by atoms with Crippen molar-refractivity contribution >= 4 is 34.6 Å². The molecule has 1 aromatic heterocycles. The first-order chi connectivity index (χ1) is 22.1. The Morgan fingerprint density at radius 1 is 1.09 bits per heavy atom. The molecule has 3 heterocycles. The number of piperazine rings is 1. The van der Waals surface area contributed by atoms with Crippen LogP contribution >= 0.6 is 0 Å². The molecule has 244 valence electrons. The standard InChI is InChI=1S/C32H35F4N7O3/c1-3-31(44)40-24-15-25(28(45-2)16-27(24)42-11-9-41(10-12-42)18-20-4-5-20)39-29-17-30(38-19-37-29)43-26(8-13-46-43)21-6-7-23(33)22(14-21)32(34,35)36/h3,6-7,14-17,19-20,26H,1,4-5,8-13,18H2,2H3,(H,40,44)(H,37,38,39). The minimum absolute atomic E-state index is 0.229. The van der Waals surface area contributed by atoms with Crippen LogP contribution in [0.4, 0.5) is 46.3 Å². The van der Waals surface area contributed by atoms with Crippen LogP contribution < -0.4 is 25.3 Å².